The van der Waals surface area contributed by atoms with Crippen LogP contribution in [0.3, 0.4) is 0 Å². The van der Waals surface area contributed by atoms with E-state index in [4.69, 9.17) is 17.3 Å². The molecule has 72 valence electrons. The van der Waals surface area contributed by atoms with E-state index >= 15 is 0 Å². The molecule has 1 saturated carbocycles. The van der Waals surface area contributed by atoms with Crippen LogP contribution < -0.4 is 5.73 Å². The summed E-state index contributed by atoms with van der Waals surface area (Å²) in [5, 5.41) is 0. The van der Waals surface area contributed by atoms with E-state index in [9.17, 15) is 0 Å². The summed E-state index contributed by atoms with van der Waals surface area (Å²) in [6, 6.07) is 0. The van der Waals surface area contributed by atoms with Gasteiger partial charge in [0.25, 0.3) is 0 Å². The highest BCUT2D eigenvalue weighted by Gasteiger charge is 2.31. The molecule has 0 amide bonds. The number of rotatable bonds is 3. The fraction of sp³-hybridized carbons (Fsp3) is 1.00. The van der Waals surface area contributed by atoms with Gasteiger partial charge in [-0.15, -0.1) is 11.6 Å². The van der Waals surface area contributed by atoms with E-state index in [0.29, 0.717) is 5.41 Å². The first kappa shape index (κ1) is 10.3. The lowest BCUT2D eigenvalue weighted by molar-refractivity contribution is 0.159. The average Bonchev–Trinajstić information content (AvgIpc) is 2.10. The minimum atomic E-state index is 0.397. The lowest BCUT2D eigenvalue weighted by atomic mass is 9.69. The van der Waals surface area contributed by atoms with Crippen molar-refractivity contribution in [1.82, 2.24) is 0 Å². The molecule has 0 aliphatic heterocycles. The smallest absolute Gasteiger partial charge is 0.0229 e. The van der Waals surface area contributed by atoms with Gasteiger partial charge in [0.05, 0.1) is 0 Å². The summed E-state index contributed by atoms with van der Waals surface area (Å²) in [4.78, 5) is 0. The Balaban J connectivity index is 2.45. The van der Waals surface area contributed by atoms with E-state index in [0.717, 1.165) is 24.8 Å². The third-order valence-electron chi connectivity index (χ3n) is 3.39. The van der Waals surface area contributed by atoms with Gasteiger partial charge >= 0.3 is 0 Å². The molecule has 0 bridgehead atoms. The van der Waals surface area contributed by atoms with Crippen LogP contribution in [-0.4, -0.2) is 12.4 Å². The van der Waals surface area contributed by atoms with Crippen molar-refractivity contribution in [2.45, 2.75) is 39.0 Å². The maximum Gasteiger partial charge on any atom is 0.0229 e. The van der Waals surface area contributed by atoms with Gasteiger partial charge in [0.2, 0.25) is 0 Å². The molecule has 2 heteroatoms. The van der Waals surface area contributed by atoms with E-state index in [1.165, 1.54) is 25.7 Å². The predicted molar refractivity (Wildman–Crippen MR) is 54.5 cm³/mol. The Morgan fingerprint density at radius 1 is 1.42 bits per heavy atom. The van der Waals surface area contributed by atoms with E-state index in [1.54, 1.807) is 0 Å². The van der Waals surface area contributed by atoms with Crippen molar-refractivity contribution in [2.24, 2.45) is 17.1 Å². The summed E-state index contributed by atoms with van der Waals surface area (Å²) in [5.74, 6) is 1.67. The molecule has 12 heavy (non-hydrogen) atoms. The van der Waals surface area contributed by atoms with Crippen LogP contribution in [-0.2, 0) is 0 Å². The van der Waals surface area contributed by atoms with E-state index < -0.39 is 0 Å². The van der Waals surface area contributed by atoms with E-state index in [2.05, 4.69) is 6.92 Å². The third kappa shape index (κ3) is 2.37. The number of halogens is 1. The van der Waals surface area contributed by atoms with Gasteiger partial charge in [0.1, 0.15) is 0 Å². The summed E-state index contributed by atoms with van der Waals surface area (Å²) in [5.41, 5.74) is 6.21. The van der Waals surface area contributed by atoms with Gasteiger partial charge in [-0.3, -0.25) is 0 Å². The molecule has 0 aromatic rings. The molecule has 0 unspecified atom stereocenters. The second-order valence-electron chi connectivity index (χ2n) is 4.33. The van der Waals surface area contributed by atoms with Crippen LogP contribution in [0.25, 0.3) is 0 Å². The molecule has 0 aromatic carbocycles. The normalized spacial score (nSPS) is 36.8. The molecule has 0 aromatic heterocycles. The Morgan fingerprint density at radius 3 is 2.42 bits per heavy atom. The van der Waals surface area contributed by atoms with Crippen LogP contribution >= 0.6 is 11.6 Å². The lowest BCUT2D eigenvalue weighted by Crippen LogP contribution is -2.34. The van der Waals surface area contributed by atoms with Crippen LogP contribution in [0.5, 0.6) is 0 Å². The number of hydrogen-bond acceptors (Lipinski definition) is 1. The molecule has 0 radical (unpaired) electrons. The van der Waals surface area contributed by atoms with E-state index in [1.807, 2.05) is 0 Å². The van der Waals surface area contributed by atoms with Crippen molar-refractivity contribution in [1.29, 1.82) is 0 Å². The Kier molecular flexibility index (Phi) is 3.85. The van der Waals surface area contributed by atoms with E-state index in [-0.39, 0.29) is 0 Å². The molecule has 0 saturated heterocycles. The Labute approximate surface area is 80.7 Å². The number of alkyl halides is 1. The predicted octanol–water partition coefficient (Wildman–Crippen LogP) is 2.77. The van der Waals surface area contributed by atoms with Crippen LogP contribution in [0.15, 0.2) is 0 Å². The van der Waals surface area contributed by atoms with Gasteiger partial charge in [-0.1, -0.05) is 19.8 Å². The monoisotopic (exact) mass is 189 g/mol. The largest absolute Gasteiger partial charge is 0.330 e. The maximum atomic E-state index is 5.81. The topological polar surface area (TPSA) is 26.0 Å². The maximum absolute atomic E-state index is 5.81. The molecule has 1 aliphatic carbocycles. The van der Waals surface area contributed by atoms with Crippen LogP contribution in [0.2, 0.25) is 0 Å². The van der Waals surface area contributed by atoms with Crippen molar-refractivity contribution in [2.75, 3.05) is 12.4 Å². The van der Waals surface area contributed by atoms with Crippen LogP contribution in [0.4, 0.5) is 0 Å². The first-order valence-corrected chi connectivity index (χ1v) is 5.52. The number of nitrogens with two attached hydrogens (primary N) is 1. The van der Waals surface area contributed by atoms with Gasteiger partial charge in [-0.05, 0) is 37.1 Å². The van der Waals surface area contributed by atoms with Crippen molar-refractivity contribution in [3.05, 3.63) is 0 Å². The fourth-order valence-electron chi connectivity index (χ4n) is 2.13. The summed E-state index contributed by atoms with van der Waals surface area (Å²) in [6.45, 7) is 3.16. The highest BCUT2D eigenvalue weighted by molar-refractivity contribution is 6.17. The summed E-state index contributed by atoms with van der Waals surface area (Å²) in [6.07, 6.45) is 6.37. The standard InChI is InChI=1S/C10H20ClN/c1-9-2-4-10(8-12,5-3-9)6-7-11/h9H,2-8,12H2,1H3. The first-order valence-electron chi connectivity index (χ1n) is 4.98. The van der Waals surface area contributed by atoms with Crippen molar-refractivity contribution < 1.29 is 0 Å². The molecule has 1 fully saturated rings. The molecule has 1 nitrogen and oxygen atoms in total. The first-order chi connectivity index (χ1) is 5.72. The average molecular weight is 190 g/mol. The Bertz CT molecular complexity index is 128. The molecule has 0 heterocycles. The Morgan fingerprint density at radius 2 is 2.00 bits per heavy atom. The van der Waals surface area contributed by atoms with Crippen molar-refractivity contribution in [3.8, 4) is 0 Å². The Hall–Kier alpha value is 0.250. The van der Waals surface area contributed by atoms with Crippen LogP contribution in [0, 0.1) is 11.3 Å². The second kappa shape index (κ2) is 4.48. The van der Waals surface area contributed by atoms with Gasteiger partial charge in [0, 0.05) is 5.88 Å². The highest BCUT2D eigenvalue weighted by Crippen LogP contribution is 2.40. The summed E-state index contributed by atoms with van der Waals surface area (Å²) in [7, 11) is 0. The summed E-state index contributed by atoms with van der Waals surface area (Å²) >= 11 is 5.78. The van der Waals surface area contributed by atoms with Crippen molar-refractivity contribution >= 4 is 11.6 Å². The zero-order valence-corrected chi connectivity index (χ0v) is 8.74. The number of hydrogen-bond donors (Lipinski definition) is 1. The lowest BCUT2D eigenvalue weighted by Gasteiger charge is -2.38. The molecule has 1 aliphatic rings. The summed E-state index contributed by atoms with van der Waals surface area (Å²) < 4.78 is 0. The fourth-order valence-corrected chi connectivity index (χ4v) is 2.53. The van der Waals surface area contributed by atoms with Gasteiger partial charge < -0.3 is 5.73 Å². The second-order valence-corrected chi connectivity index (χ2v) is 4.70. The SMILES string of the molecule is CC1CCC(CN)(CCCl)CC1. The molecule has 1 rings (SSSR count). The highest BCUT2D eigenvalue weighted by atomic mass is 35.5. The zero-order chi connectivity index (χ0) is 9.03. The van der Waals surface area contributed by atoms with Gasteiger partial charge in [-0.25, -0.2) is 0 Å². The molecule has 0 atom stereocenters. The molecule has 0 spiro atoms. The molecule has 2 N–H and O–H groups in total. The quantitative estimate of drug-likeness (QED) is 0.679. The van der Waals surface area contributed by atoms with Gasteiger partial charge in [0.15, 0.2) is 0 Å². The van der Waals surface area contributed by atoms with Gasteiger partial charge in [-0.2, -0.15) is 0 Å². The third-order valence-corrected chi connectivity index (χ3v) is 3.58. The molecular formula is C10H20ClN. The minimum Gasteiger partial charge on any atom is -0.330 e. The van der Waals surface area contributed by atoms with Crippen LogP contribution in [0.1, 0.15) is 39.0 Å². The zero-order valence-electron chi connectivity index (χ0n) is 7.98. The minimum absolute atomic E-state index is 0.397. The van der Waals surface area contributed by atoms with Crippen molar-refractivity contribution in [3.63, 3.8) is 0 Å². The molecular weight excluding hydrogens is 170 g/mol.